The fourth-order valence-electron chi connectivity index (χ4n) is 6.50. The largest absolute Gasteiger partial charge is 0.416 e. The Labute approximate surface area is 255 Å². The second-order valence-electron chi connectivity index (χ2n) is 11.9. The van der Waals surface area contributed by atoms with Crippen molar-refractivity contribution in [3.8, 4) is 16.9 Å². The molecule has 236 valence electrons. The number of fused-ring (bicyclic) bond motifs is 2. The number of aryl methyl sites for hydroxylation is 2. The Kier molecular flexibility index (Phi) is 7.38. The molecule has 0 spiro atoms. The van der Waals surface area contributed by atoms with Gasteiger partial charge in [0, 0.05) is 41.3 Å². The predicted molar refractivity (Wildman–Crippen MR) is 158 cm³/mol. The summed E-state index contributed by atoms with van der Waals surface area (Å²) in [5.41, 5.74) is 1.67. The van der Waals surface area contributed by atoms with Crippen molar-refractivity contribution in [2.75, 3.05) is 0 Å². The molecule has 3 aromatic carbocycles. The summed E-state index contributed by atoms with van der Waals surface area (Å²) >= 11 is 0. The van der Waals surface area contributed by atoms with E-state index in [0.29, 0.717) is 52.3 Å². The molecule has 6 rings (SSSR count). The maximum absolute atomic E-state index is 16.0. The minimum absolute atomic E-state index is 0.103. The molecule has 0 aliphatic carbocycles. The third kappa shape index (κ3) is 5.10. The zero-order valence-corrected chi connectivity index (χ0v) is 25.1. The Morgan fingerprint density at radius 1 is 0.867 bits per heavy atom. The van der Waals surface area contributed by atoms with Crippen LogP contribution in [-0.2, 0) is 43.8 Å². The summed E-state index contributed by atoms with van der Waals surface area (Å²) < 4.78 is 100.0. The van der Waals surface area contributed by atoms with Crippen LogP contribution in [0.3, 0.4) is 0 Å². The minimum atomic E-state index is -5.00. The van der Waals surface area contributed by atoms with Gasteiger partial charge in [0.2, 0.25) is 0 Å². The highest BCUT2D eigenvalue weighted by Crippen LogP contribution is 2.48. The van der Waals surface area contributed by atoms with Gasteiger partial charge in [-0.1, -0.05) is 38.1 Å². The lowest BCUT2D eigenvalue weighted by atomic mass is 9.96. The lowest BCUT2D eigenvalue weighted by Crippen LogP contribution is -2.36. The van der Waals surface area contributed by atoms with E-state index in [2.05, 4.69) is 4.98 Å². The molecule has 1 N–H and O–H groups in total. The molecule has 0 amide bonds. The van der Waals surface area contributed by atoms with E-state index in [-0.39, 0.29) is 24.7 Å². The van der Waals surface area contributed by atoms with E-state index in [1.54, 1.807) is 27.9 Å². The summed E-state index contributed by atoms with van der Waals surface area (Å²) in [5.74, 6) is -0.476. The molecule has 2 aromatic heterocycles. The van der Waals surface area contributed by atoms with Crippen LogP contribution in [0, 0.1) is 5.82 Å². The summed E-state index contributed by atoms with van der Waals surface area (Å²) in [6, 6.07) is 12.5. The Bertz CT molecular complexity index is 1890. The predicted octanol–water partition coefficient (Wildman–Crippen LogP) is 9.57. The van der Waals surface area contributed by atoms with Gasteiger partial charge in [-0.25, -0.2) is 9.07 Å². The Hall–Kier alpha value is -4.12. The van der Waals surface area contributed by atoms with Crippen molar-refractivity contribution < 1.29 is 30.7 Å². The highest BCUT2D eigenvalue weighted by atomic mass is 19.4. The number of halogens is 7. The van der Waals surface area contributed by atoms with Crippen LogP contribution in [-0.4, -0.2) is 19.7 Å². The molecule has 0 atom stereocenters. The van der Waals surface area contributed by atoms with Gasteiger partial charge in [0.1, 0.15) is 5.82 Å². The summed E-state index contributed by atoms with van der Waals surface area (Å²) in [7, 11) is 0. The van der Waals surface area contributed by atoms with E-state index < -0.39 is 34.8 Å². The van der Waals surface area contributed by atoms with E-state index in [1.807, 2.05) is 45.9 Å². The summed E-state index contributed by atoms with van der Waals surface area (Å²) in [5, 5.41) is 5.71. The van der Waals surface area contributed by atoms with E-state index in [1.165, 1.54) is 6.07 Å². The molecule has 0 radical (unpaired) electrons. The monoisotopic (exact) mass is 628 g/mol. The van der Waals surface area contributed by atoms with E-state index in [4.69, 9.17) is 5.10 Å². The average molecular weight is 629 g/mol. The first-order valence-electron chi connectivity index (χ1n) is 14.7. The molecular formula is C34H31F7N4. The van der Waals surface area contributed by atoms with Crippen LogP contribution in [0.15, 0.2) is 60.8 Å². The number of alkyl halides is 6. The summed E-state index contributed by atoms with van der Waals surface area (Å²) in [6.45, 7) is 7.49. The molecule has 11 heteroatoms. The number of hydrogen-bond acceptors (Lipinski definition) is 2. The number of para-hydroxylation sites is 1. The number of H-pyrrole nitrogens is 1. The standard InChI is InChI=1S/C34H31F7N4/c1-5-19-8-7-9-20(6-2)29(19)45-30(28-23-14-15-42-27(23)13-12-26(28)35)24-18-44(32(3,4)31(24)43-45)17-21-10-11-22(33(36,37)38)16-25(21)34(39,40)41/h7-16,42H,5-6,17-18H2,1-4H3. The number of aromatic nitrogens is 3. The molecule has 0 saturated heterocycles. The number of hydrogen-bond donors (Lipinski definition) is 1. The van der Waals surface area contributed by atoms with Crippen molar-refractivity contribution in [3.63, 3.8) is 0 Å². The van der Waals surface area contributed by atoms with Gasteiger partial charge in [0.15, 0.2) is 0 Å². The minimum Gasteiger partial charge on any atom is -0.361 e. The van der Waals surface area contributed by atoms with Gasteiger partial charge in [-0.15, -0.1) is 0 Å². The highest BCUT2D eigenvalue weighted by molar-refractivity contribution is 5.96. The van der Waals surface area contributed by atoms with E-state index >= 15 is 4.39 Å². The Morgan fingerprint density at radius 3 is 2.18 bits per heavy atom. The first-order chi connectivity index (χ1) is 21.2. The molecular weight excluding hydrogens is 597 g/mol. The van der Waals surface area contributed by atoms with Gasteiger partial charge < -0.3 is 4.98 Å². The normalized spacial score (nSPS) is 15.3. The second kappa shape index (κ2) is 10.8. The van der Waals surface area contributed by atoms with Crippen molar-refractivity contribution in [2.24, 2.45) is 0 Å². The number of nitrogens with one attached hydrogen (secondary N) is 1. The topological polar surface area (TPSA) is 36.9 Å². The van der Waals surface area contributed by atoms with Gasteiger partial charge in [-0.3, -0.25) is 4.90 Å². The zero-order chi connectivity index (χ0) is 32.5. The van der Waals surface area contributed by atoms with Crippen LogP contribution in [0.5, 0.6) is 0 Å². The van der Waals surface area contributed by atoms with Crippen LogP contribution in [0.1, 0.15) is 66.8 Å². The molecule has 0 saturated carbocycles. The van der Waals surface area contributed by atoms with Crippen molar-refractivity contribution >= 4 is 10.9 Å². The lowest BCUT2D eigenvalue weighted by Gasteiger charge is -2.33. The molecule has 45 heavy (non-hydrogen) atoms. The maximum atomic E-state index is 16.0. The van der Waals surface area contributed by atoms with Crippen LogP contribution >= 0.6 is 0 Å². The summed E-state index contributed by atoms with van der Waals surface area (Å²) in [6.07, 6.45) is -6.83. The Morgan fingerprint density at radius 2 is 1.56 bits per heavy atom. The van der Waals surface area contributed by atoms with Gasteiger partial charge in [-0.05, 0) is 73.7 Å². The molecule has 0 bridgehead atoms. The van der Waals surface area contributed by atoms with Crippen molar-refractivity contribution in [3.05, 3.63) is 106 Å². The molecule has 3 heterocycles. The van der Waals surface area contributed by atoms with Gasteiger partial charge in [0.25, 0.3) is 0 Å². The van der Waals surface area contributed by atoms with E-state index in [0.717, 1.165) is 22.9 Å². The zero-order valence-electron chi connectivity index (χ0n) is 25.1. The first kappa shape index (κ1) is 30.9. The van der Waals surface area contributed by atoms with Crippen molar-refractivity contribution in [1.29, 1.82) is 0 Å². The van der Waals surface area contributed by atoms with Crippen LogP contribution in [0.25, 0.3) is 27.8 Å². The van der Waals surface area contributed by atoms with E-state index in [9.17, 15) is 26.3 Å². The molecule has 0 fully saturated rings. The lowest BCUT2D eigenvalue weighted by molar-refractivity contribution is -0.143. The molecule has 1 aliphatic heterocycles. The van der Waals surface area contributed by atoms with Crippen LogP contribution in [0.2, 0.25) is 0 Å². The van der Waals surface area contributed by atoms with Crippen LogP contribution in [0.4, 0.5) is 30.7 Å². The van der Waals surface area contributed by atoms with Crippen LogP contribution < -0.4 is 0 Å². The van der Waals surface area contributed by atoms with Crippen molar-refractivity contribution in [2.45, 2.75) is 71.5 Å². The number of benzene rings is 3. The number of nitrogens with zero attached hydrogens (tertiary/aromatic N) is 3. The fraction of sp³-hybridized carbons (Fsp3) is 0.324. The van der Waals surface area contributed by atoms with Gasteiger partial charge in [0.05, 0.1) is 33.7 Å². The third-order valence-electron chi connectivity index (χ3n) is 8.90. The Balaban J connectivity index is 1.55. The molecule has 0 unspecified atom stereocenters. The molecule has 4 nitrogen and oxygen atoms in total. The smallest absolute Gasteiger partial charge is 0.361 e. The fourth-order valence-corrected chi connectivity index (χ4v) is 6.50. The molecule has 1 aliphatic rings. The van der Waals surface area contributed by atoms with Crippen molar-refractivity contribution in [1.82, 2.24) is 19.7 Å². The average Bonchev–Trinajstić information content (AvgIpc) is 3.66. The number of rotatable bonds is 6. The highest BCUT2D eigenvalue weighted by Gasteiger charge is 2.45. The second-order valence-corrected chi connectivity index (χ2v) is 11.9. The van der Waals surface area contributed by atoms with Gasteiger partial charge >= 0.3 is 12.4 Å². The first-order valence-corrected chi connectivity index (χ1v) is 14.7. The SMILES string of the molecule is CCc1cccc(CC)c1-n1nc2c(c1-c1c(F)ccc3[nH]ccc13)CN(Cc1ccc(C(F)(F)F)cc1C(F)(F)F)C2(C)C. The van der Waals surface area contributed by atoms with Gasteiger partial charge in [-0.2, -0.15) is 31.4 Å². The summed E-state index contributed by atoms with van der Waals surface area (Å²) in [4.78, 5) is 4.87. The third-order valence-corrected chi connectivity index (χ3v) is 8.90. The number of aromatic amines is 1. The quantitative estimate of drug-likeness (QED) is 0.190. The molecule has 5 aromatic rings. The maximum Gasteiger partial charge on any atom is 0.416 e.